The fourth-order valence-corrected chi connectivity index (χ4v) is 5.93. The predicted molar refractivity (Wildman–Crippen MR) is 212 cm³/mol. The highest BCUT2D eigenvalue weighted by atomic mass is 16.6. The van der Waals surface area contributed by atoms with Crippen molar-refractivity contribution in [3.05, 3.63) is 47.5 Å². The van der Waals surface area contributed by atoms with Gasteiger partial charge in [0, 0.05) is 37.9 Å². The number of hydrogen-bond donors (Lipinski definition) is 9. The van der Waals surface area contributed by atoms with Gasteiger partial charge < -0.3 is 61.4 Å². The average Bonchev–Trinajstić information content (AvgIpc) is 3.07. The Hall–Kier alpha value is -5.78. The van der Waals surface area contributed by atoms with Gasteiger partial charge in [0.25, 0.3) is 0 Å². The Morgan fingerprint density at radius 3 is 1.81 bits per heavy atom. The SMILES string of the molecule is CC(C)(C)OC(=O)NCCNC(=O)[C@@H]1Cc2cc(ccc2O)-c2ccc(O)c(c2)C[C@H](NC(=O)OC(C)(C)C)C(=O)N[C@@H](C[C@@H](O)CN(C(=O)O)C(C)(C)C)C(=O)N1. The van der Waals surface area contributed by atoms with E-state index in [9.17, 15) is 49.2 Å². The van der Waals surface area contributed by atoms with Crippen molar-refractivity contribution >= 4 is 36.0 Å². The number of aromatic hydroxyl groups is 2. The number of amides is 6. The van der Waals surface area contributed by atoms with Gasteiger partial charge in [0.1, 0.15) is 40.8 Å². The van der Waals surface area contributed by atoms with Crippen LogP contribution in [0.2, 0.25) is 0 Å². The minimum atomic E-state index is -1.63. The number of alkyl carbamates (subject to hydrolysis) is 2. The Bertz CT molecular complexity index is 1830. The maximum absolute atomic E-state index is 14.2. The van der Waals surface area contributed by atoms with Crippen molar-refractivity contribution in [3.63, 3.8) is 0 Å². The molecule has 1 aliphatic rings. The number of carboxylic acid groups (broad SMARTS) is 1. The molecule has 18 heteroatoms. The number of aliphatic hydroxyl groups excluding tert-OH is 1. The van der Waals surface area contributed by atoms with E-state index < -0.39 is 89.9 Å². The number of carbonyl (C=O) groups excluding carboxylic acids is 5. The summed E-state index contributed by atoms with van der Waals surface area (Å²) < 4.78 is 10.6. The Morgan fingerprint density at radius 2 is 1.29 bits per heavy atom. The van der Waals surface area contributed by atoms with Crippen LogP contribution >= 0.6 is 0 Å². The van der Waals surface area contributed by atoms with Crippen LogP contribution in [0.5, 0.6) is 11.5 Å². The van der Waals surface area contributed by atoms with Crippen molar-refractivity contribution in [2.75, 3.05) is 19.6 Å². The molecule has 6 amide bonds. The second-order valence-corrected chi connectivity index (χ2v) is 17.1. The quantitative estimate of drug-likeness (QED) is 0.166. The third-order valence-corrected chi connectivity index (χ3v) is 8.65. The molecule has 4 atom stereocenters. The first kappa shape index (κ1) is 46.6. The summed E-state index contributed by atoms with van der Waals surface area (Å²) in [4.78, 5) is 80.3. The Morgan fingerprint density at radius 1 is 0.776 bits per heavy atom. The molecule has 1 heterocycles. The van der Waals surface area contributed by atoms with Crippen molar-refractivity contribution < 1.29 is 58.7 Å². The molecule has 0 spiro atoms. The highest BCUT2D eigenvalue weighted by Crippen LogP contribution is 2.31. The lowest BCUT2D eigenvalue weighted by molar-refractivity contribution is -0.133. The number of fused-ring (bicyclic) bond motifs is 5. The molecule has 0 radical (unpaired) electrons. The smallest absolute Gasteiger partial charge is 0.408 e. The van der Waals surface area contributed by atoms with Gasteiger partial charge in [-0.1, -0.05) is 12.1 Å². The van der Waals surface area contributed by atoms with E-state index >= 15 is 0 Å². The number of aliphatic hydroxyl groups is 1. The molecule has 9 N–H and O–H groups in total. The van der Waals surface area contributed by atoms with E-state index in [0.717, 1.165) is 4.90 Å². The van der Waals surface area contributed by atoms with Crippen LogP contribution in [0.25, 0.3) is 11.1 Å². The molecule has 0 aromatic heterocycles. The summed E-state index contributed by atoms with van der Waals surface area (Å²) in [5.74, 6) is -3.06. The number of ether oxygens (including phenoxy) is 2. The van der Waals surface area contributed by atoms with Gasteiger partial charge in [0.15, 0.2) is 0 Å². The third-order valence-electron chi connectivity index (χ3n) is 8.65. The molecule has 0 saturated carbocycles. The second-order valence-electron chi connectivity index (χ2n) is 17.1. The van der Waals surface area contributed by atoms with E-state index in [4.69, 9.17) is 9.47 Å². The van der Waals surface area contributed by atoms with Crippen molar-refractivity contribution in [1.29, 1.82) is 0 Å². The molecule has 3 rings (SSSR count). The first-order chi connectivity index (χ1) is 26.7. The third kappa shape index (κ3) is 14.6. The molecule has 0 unspecified atom stereocenters. The van der Waals surface area contributed by atoms with Gasteiger partial charge in [0.2, 0.25) is 17.7 Å². The van der Waals surface area contributed by atoms with Crippen LogP contribution < -0.4 is 26.6 Å². The molecule has 0 saturated heterocycles. The van der Waals surface area contributed by atoms with Crippen molar-refractivity contribution in [2.45, 2.75) is 123 Å². The number of hydrogen-bond acceptors (Lipinski definition) is 11. The van der Waals surface area contributed by atoms with Gasteiger partial charge in [-0.3, -0.25) is 14.4 Å². The summed E-state index contributed by atoms with van der Waals surface area (Å²) >= 11 is 0. The monoisotopic (exact) mass is 814 g/mol. The van der Waals surface area contributed by atoms with Crippen LogP contribution in [-0.4, -0.2) is 122 Å². The van der Waals surface area contributed by atoms with Gasteiger partial charge >= 0.3 is 18.3 Å². The first-order valence-electron chi connectivity index (χ1n) is 18.9. The van der Waals surface area contributed by atoms with E-state index in [-0.39, 0.29) is 48.6 Å². The van der Waals surface area contributed by atoms with Gasteiger partial charge in [-0.2, -0.15) is 0 Å². The molecule has 58 heavy (non-hydrogen) atoms. The van der Waals surface area contributed by atoms with Gasteiger partial charge in [-0.05, 0) is 109 Å². The minimum Gasteiger partial charge on any atom is -0.508 e. The summed E-state index contributed by atoms with van der Waals surface area (Å²) in [6.07, 6.45) is -5.69. The van der Waals surface area contributed by atoms with E-state index in [1.165, 1.54) is 12.1 Å². The largest absolute Gasteiger partial charge is 0.508 e. The lowest BCUT2D eigenvalue weighted by Crippen LogP contribution is -2.59. The summed E-state index contributed by atoms with van der Waals surface area (Å²) in [5.41, 5.74) is -1.14. The van der Waals surface area contributed by atoms with Crippen LogP contribution in [0.3, 0.4) is 0 Å². The number of benzene rings is 2. The summed E-state index contributed by atoms with van der Waals surface area (Å²) in [6, 6.07) is 4.67. The van der Waals surface area contributed by atoms with E-state index in [1.807, 2.05) is 0 Å². The Labute approximate surface area is 338 Å². The normalized spacial score (nSPS) is 18.2. The van der Waals surface area contributed by atoms with Gasteiger partial charge in [-0.15, -0.1) is 0 Å². The summed E-state index contributed by atoms with van der Waals surface area (Å²) in [6.45, 7) is 14.2. The predicted octanol–water partition coefficient (Wildman–Crippen LogP) is 2.90. The van der Waals surface area contributed by atoms with Crippen molar-refractivity contribution in [1.82, 2.24) is 31.5 Å². The standard InChI is InChI=1S/C40H58N6O12/c1-38(2,3)46(37(55)56)21-26(47)20-29-34(52)43-27(32(50)41-14-15-42-35(53)57-39(4,5)6)18-24-16-22(10-12-30(24)48)23-11-13-31(49)25(17-23)19-28(33(51)44-29)45-36(54)58-40(7,8)9/h10-13,16-17,26-29,47-49H,14-15,18-21H2,1-9H3,(H,41,50)(H,42,53)(H,43,52)(H,44,51)(H,45,54)(H,55,56)/t26-,27+,28+,29+/m1/s1. The van der Waals surface area contributed by atoms with Crippen LogP contribution in [0.1, 0.15) is 79.9 Å². The maximum atomic E-state index is 14.2. The molecule has 4 bridgehead atoms. The molecule has 2 aromatic carbocycles. The van der Waals surface area contributed by atoms with Crippen molar-refractivity contribution in [3.8, 4) is 22.6 Å². The molecule has 320 valence electrons. The minimum absolute atomic E-state index is 0.0456. The highest BCUT2D eigenvalue weighted by molar-refractivity contribution is 5.94. The number of rotatable bonds is 9. The van der Waals surface area contributed by atoms with E-state index in [0.29, 0.717) is 11.1 Å². The topological polar surface area (TPSA) is 265 Å². The van der Waals surface area contributed by atoms with Crippen LogP contribution in [0.4, 0.5) is 14.4 Å². The summed E-state index contributed by atoms with van der Waals surface area (Å²) in [5, 5.41) is 55.7. The average molecular weight is 815 g/mol. The highest BCUT2D eigenvalue weighted by Gasteiger charge is 2.35. The van der Waals surface area contributed by atoms with Crippen LogP contribution in [-0.2, 0) is 36.7 Å². The molecule has 0 fully saturated rings. The number of nitrogens with one attached hydrogen (secondary N) is 5. The Balaban J connectivity index is 2.10. The van der Waals surface area contributed by atoms with Crippen LogP contribution in [0, 0.1) is 0 Å². The Kier molecular flexibility index (Phi) is 15.4. The van der Waals surface area contributed by atoms with Gasteiger partial charge in [0.05, 0.1) is 12.6 Å². The number of phenols is 2. The molecule has 18 nitrogen and oxygen atoms in total. The zero-order valence-corrected chi connectivity index (χ0v) is 34.5. The fourth-order valence-electron chi connectivity index (χ4n) is 5.93. The summed E-state index contributed by atoms with van der Waals surface area (Å²) in [7, 11) is 0. The molecule has 2 aromatic rings. The van der Waals surface area contributed by atoms with Gasteiger partial charge in [-0.25, -0.2) is 14.4 Å². The molecule has 1 aliphatic heterocycles. The van der Waals surface area contributed by atoms with E-state index in [2.05, 4.69) is 26.6 Å². The number of β-amino-alcohol motifs (C(OH)–C–C–N with tert-alkyl or cyclic N) is 1. The lowest BCUT2D eigenvalue weighted by Gasteiger charge is -2.35. The van der Waals surface area contributed by atoms with Crippen LogP contribution in [0.15, 0.2) is 36.4 Å². The fraction of sp³-hybridized carbons (Fsp3) is 0.550. The second kappa shape index (κ2) is 19.1. The number of phenolic OH excluding ortho intramolecular Hbond substituents is 2. The number of nitrogens with zero attached hydrogens (tertiary/aromatic N) is 1. The zero-order chi connectivity index (χ0) is 43.7. The van der Waals surface area contributed by atoms with E-state index in [1.54, 1.807) is 86.6 Å². The maximum Gasteiger partial charge on any atom is 0.408 e. The molecule has 0 aliphatic carbocycles. The molecular formula is C40H58N6O12. The first-order valence-corrected chi connectivity index (χ1v) is 18.9. The lowest BCUT2D eigenvalue weighted by atomic mass is 9.95. The zero-order valence-electron chi connectivity index (χ0n) is 34.5. The molecular weight excluding hydrogens is 756 g/mol. The van der Waals surface area contributed by atoms with Crippen molar-refractivity contribution in [2.24, 2.45) is 0 Å². The number of carbonyl (C=O) groups is 6.